The molecule has 5 nitrogen and oxygen atoms in total. The summed E-state index contributed by atoms with van der Waals surface area (Å²) >= 11 is 0. The lowest BCUT2D eigenvalue weighted by atomic mass is 9.73. The third-order valence-electron chi connectivity index (χ3n) is 7.99. The van der Waals surface area contributed by atoms with E-state index < -0.39 is 21.5 Å². The first-order valence-electron chi connectivity index (χ1n) is 12.9. The van der Waals surface area contributed by atoms with Crippen LogP contribution in [-0.4, -0.2) is 25.2 Å². The third kappa shape index (κ3) is 3.79. The molecule has 2 heterocycles. The zero-order valence-corrected chi connectivity index (χ0v) is 22.4. The lowest BCUT2D eigenvalue weighted by Gasteiger charge is -2.34. The molecule has 2 aliphatic rings. The molecule has 0 saturated carbocycles. The van der Waals surface area contributed by atoms with Crippen LogP contribution in [0.5, 0.6) is 0 Å². The van der Waals surface area contributed by atoms with Crippen molar-refractivity contribution < 1.29 is 13.2 Å². The number of anilines is 1. The second-order valence-electron chi connectivity index (χ2n) is 10.4. The molecule has 192 valence electrons. The second kappa shape index (κ2) is 9.22. The van der Waals surface area contributed by atoms with Gasteiger partial charge in [-0.1, -0.05) is 96.1 Å². The number of nitrogens with zero attached hydrogens (tertiary/aromatic N) is 2. The molecule has 6 heteroatoms. The number of carbonyl (C=O) groups excluding carboxylic acids is 1. The lowest BCUT2D eigenvalue weighted by molar-refractivity contribution is -0.124. The van der Waals surface area contributed by atoms with Gasteiger partial charge in [0.15, 0.2) is 0 Å². The molecule has 0 unspecified atom stereocenters. The minimum absolute atomic E-state index is 0.0465. The summed E-state index contributed by atoms with van der Waals surface area (Å²) in [7, 11) is -3.87. The number of aryl methyl sites for hydroxylation is 2. The Bertz CT molecular complexity index is 1600. The number of fused-ring (bicyclic) bond motifs is 2. The van der Waals surface area contributed by atoms with E-state index in [4.69, 9.17) is 0 Å². The van der Waals surface area contributed by atoms with Crippen LogP contribution in [0.2, 0.25) is 0 Å². The largest absolute Gasteiger partial charge is 0.307 e. The summed E-state index contributed by atoms with van der Waals surface area (Å²) < 4.78 is 29.8. The summed E-state index contributed by atoms with van der Waals surface area (Å²) in [6, 6.07) is 32.0. The Balaban J connectivity index is 1.53. The minimum Gasteiger partial charge on any atom is -0.307 e. The van der Waals surface area contributed by atoms with E-state index in [0.29, 0.717) is 13.0 Å². The molecule has 38 heavy (non-hydrogen) atoms. The van der Waals surface area contributed by atoms with Crippen LogP contribution in [0.3, 0.4) is 0 Å². The van der Waals surface area contributed by atoms with Crippen molar-refractivity contribution in [3.8, 4) is 0 Å². The standard InChI is InChI=1S/C32H30N2O3S/c1-23-12-16-26(17-13-23)30-32(20-21-34(30)38(36,37)27-18-14-24(2)15-19-27)28-10-6-7-11-29(28)33(31(32)35)22-25-8-4-3-5-9-25/h3-19,30H,20-22H2,1-2H3/t30-,32-/m1/s1. The molecular weight excluding hydrogens is 492 g/mol. The van der Waals surface area contributed by atoms with Crippen LogP contribution in [0, 0.1) is 13.8 Å². The lowest BCUT2D eigenvalue weighted by Crippen LogP contribution is -2.45. The predicted octanol–water partition coefficient (Wildman–Crippen LogP) is 5.92. The number of hydrogen-bond acceptors (Lipinski definition) is 3. The van der Waals surface area contributed by atoms with Crippen molar-refractivity contribution in [2.45, 2.75) is 43.2 Å². The third-order valence-corrected chi connectivity index (χ3v) is 9.87. The highest BCUT2D eigenvalue weighted by atomic mass is 32.2. The van der Waals surface area contributed by atoms with E-state index in [0.717, 1.165) is 33.5 Å². The summed E-state index contributed by atoms with van der Waals surface area (Å²) in [5.74, 6) is -0.0465. The van der Waals surface area contributed by atoms with Crippen molar-refractivity contribution in [3.63, 3.8) is 0 Å². The van der Waals surface area contributed by atoms with Crippen molar-refractivity contribution in [1.29, 1.82) is 0 Å². The van der Waals surface area contributed by atoms with E-state index in [9.17, 15) is 13.2 Å². The molecule has 0 aliphatic carbocycles. The highest BCUT2D eigenvalue weighted by Crippen LogP contribution is 2.58. The van der Waals surface area contributed by atoms with E-state index in [1.807, 2.05) is 110 Å². The molecule has 1 amide bonds. The number of sulfonamides is 1. The van der Waals surface area contributed by atoms with Crippen molar-refractivity contribution in [2.24, 2.45) is 0 Å². The average molecular weight is 523 g/mol. The zero-order chi connectivity index (χ0) is 26.5. The maximum atomic E-state index is 14.6. The van der Waals surface area contributed by atoms with Gasteiger partial charge in [0.25, 0.3) is 0 Å². The normalized spacial score (nSPS) is 21.3. The summed E-state index contributed by atoms with van der Waals surface area (Å²) in [4.78, 5) is 16.7. The topological polar surface area (TPSA) is 57.7 Å². The van der Waals surface area contributed by atoms with Crippen LogP contribution in [0.15, 0.2) is 108 Å². The van der Waals surface area contributed by atoms with Gasteiger partial charge >= 0.3 is 0 Å². The quantitative estimate of drug-likeness (QED) is 0.327. The van der Waals surface area contributed by atoms with E-state index in [-0.39, 0.29) is 17.3 Å². The summed E-state index contributed by atoms with van der Waals surface area (Å²) in [6.45, 7) is 4.64. The van der Waals surface area contributed by atoms with Gasteiger partial charge in [0, 0.05) is 12.2 Å². The molecule has 0 bridgehead atoms. The van der Waals surface area contributed by atoms with E-state index in [2.05, 4.69) is 0 Å². The Labute approximate surface area is 224 Å². The van der Waals surface area contributed by atoms with Crippen LogP contribution >= 0.6 is 0 Å². The van der Waals surface area contributed by atoms with Gasteiger partial charge in [-0.15, -0.1) is 0 Å². The van der Waals surface area contributed by atoms with Crippen molar-refractivity contribution >= 4 is 21.6 Å². The van der Waals surface area contributed by atoms with Crippen molar-refractivity contribution in [1.82, 2.24) is 4.31 Å². The van der Waals surface area contributed by atoms with Crippen LogP contribution in [0.25, 0.3) is 0 Å². The second-order valence-corrected chi connectivity index (χ2v) is 12.2. The molecule has 1 saturated heterocycles. The van der Waals surface area contributed by atoms with E-state index >= 15 is 0 Å². The molecule has 0 radical (unpaired) electrons. The van der Waals surface area contributed by atoms with Gasteiger partial charge in [-0.2, -0.15) is 4.31 Å². The number of hydrogen-bond donors (Lipinski definition) is 0. The fraction of sp³-hybridized carbons (Fsp3) is 0.219. The zero-order valence-electron chi connectivity index (χ0n) is 21.5. The van der Waals surface area contributed by atoms with Crippen molar-refractivity contribution in [2.75, 3.05) is 11.4 Å². The number of benzene rings is 4. The van der Waals surface area contributed by atoms with Gasteiger partial charge in [-0.05, 0) is 55.2 Å². The summed E-state index contributed by atoms with van der Waals surface area (Å²) in [5, 5.41) is 0. The van der Waals surface area contributed by atoms with E-state index in [1.165, 1.54) is 0 Å². The number of rotatable bonds is 5. The highest BCUT2D eigenvalue weighted by molar-refractivity contribution is 7.89. The summed E-state index contributed by atoms with van der Waals surface area (Å²) in [6.07, 6.45) is 0.414. The number of amides is 1. The van der Waals surface area contributed by atoms with Crippen LogP contribution in [0.1, 0.15) is 40.3 Å². The molecule has 4 aromatic carbocycles. The maximum Gasteiger partial charge on any atom is 0.243 e. The van der Waals surface area contributed by atoms with Gasteiger partial charge in [0.05, 0.1) is 22.9 Å². The number of carbonyl (C=O) groups is 1. The molecule has 4 aromatic rings. The first-order chi connectivity index (χ1) is 18.3. The van der Waals surface area contributed by atoms with Gasteiger partial charge in [-0.25, -0.2) is 8.42 Å². The van der Waals surface area contributed by atoms with Gasteiger partial charge in [0.2, 0.25) is 15.9 Å². The molecular formula is C32H30N2O3S. The van der Waals surface area contributed by atoms with E-state index in [1.54, 1.807) is 16.4 Å². The monoisotopic (exact) mass is 522 g/mol. The summed E-state index contributed by atoms with van der Waals surface area (Å²) in [5.41, 5.74) is 4.67. The van der Waals surface area contributed by atoms with Gasteiger partial charge in [0.1, 0.15) is 0 Å². The van der Waals surface area contributed by atoms with Crippen LogP contribution < -0.4 is 4.90 Å². The maximum absolute atomic E-state index is 14.6. The van der Waals surface area contributed by atoms with Gasteiger partial charge in [-0.3, -0.25) is 4.79 Å². The molecule has 2 aliphatic heterocycles. The fourth-order valence-corrected chi connectivity index (χ4v) is 7.74. The molecule has 2 atom stereocenters. The first kappa shape index (κ1) is 24.6. The first-order valence-corrected chi connectivity index (χ1v) is 14.4. The molecule has 1 fully saturated rings. The SMILES string of the molecule is Cc1ccc([C@H]2N(S(=O)(=O)c3ccc(C)cc3)CC[C@]23C(=O)N(Cc2ccccc2)c2ccccc23)cc1. The Morgan fingerprint density at radius 2 is 1.39 bits per heavy atom. The molecule has 0 N–H and O–H groups in total. The Morgan fingerprint density at radius 1 is 0.789 bits per heavy atom. The Hall–Kier alpha value is -3.74. The number of para-hydroxylation sites is 1. The van der Waals surface area contributed by atoms with Crippen molar-refractivity contribution in [3.05, 3.63) is 131 Å². The molecule has 1 spiro atoms. The Kier molecular flexibility index (Phi) is 5.97. The Morgan fingerprint density at radius 3 is 2.08 bits per heavy atom. The highest BCUT2D eigenvalue weighted by Gasteiger charge is 2.62. The fourth-order valence-electron chi connectivity index (χ4n) is 6.08. The average Bonchev–Trinajstić information content (AvgIpc) is 3.44. The van der Waals surface area contributed by atoms with Gasteiger partial charge < -0.3 is 4.90 Å². The molecule has 6 rings (SSSR count). The smallest absolute Gasteiger partial charge is 0.243 e. The van der Waals surface area contributed by atoms with Crippen LogP contribution in [-0.2, 0) is 26.8 Å². The molecule has 0 aromatic heterocycles. The van der Waals surface area contributed by atoms with Crippen LogP contribution in [0.4, 0.5) is 5.69 Å². The minimum atomic E-state index is -3.87. The predicted molar refractivity (Wildman–Crippen MR) is 149 cm³/mol.